The zero-order valence-electron chi connectivity index (χ0n) is 72.8. The van der Waals surface area contributed by atoms with Gasteiger partial charge in [-0.3, -0.25) is 38.7 Å². The van der Waals surface area contributed by atoms with Crippen molar-refractivity contribution in [3.8, 4) is 34.5 Å². The van der Waals surface area contributed by atoms with E-state index in [0.717, 1.165) is 45.9 Å². The molecule has 0 saturated carbocycles. The average molecular weight is 2120 g/mol. The molecule has 1 saturated heterocycles. The van der Waals surface area contributed by atoms with Gasteiger partial charge < -0.3 is 63.3 Å². The number of aliphatic hydroxyl groups is 1. The molecule has 0 aliphatic carbocycles. The van der Waals surface area contributed by atoms with Gasteiger partial charge in [0, 0.05) is 88.2 Å². The molecule has 13 rings (SSSR count). The molecule has 5 unspecified atom stereocenters. The topological polar surface area (TPSA) is 382 Å². The van der Waals surface area contributed by atoms with Gasteiger partial charge in [0.25, 0.3) is 0 Å². The van der Waals surface area contributed by atoms with E-state index in [4.69, 9.17) is 67.4 Å². The van der Waals surface area contributed by atoms with Gasteiger partial charge in [0.1, 0.15) is 74.6 Å². The molecule has 26 nitrogen and oxygen atoms in total. The predicted molar refractivity (Wildman–Crippen MR) is 540 cm³/mol. The number of nitrogens with one attached hydrogen (secondary N) is 1. The zero-order valence-corrected chi connectivity index (χ0v) is 82.9. The zero-order chi connectivity index (χ0) is 96.0. The third kappa shape index (κ3) is 43.8. The fourth-order valence-corrected chi connectivity index (χ4v) is 15.9. The predicted octanol–water partition coefficient (Wildman–Crippen LogP) is 22.5. The van der Waals surface area contributed by atoms with Crippen molar-refractivity contribution in [3.63, 3.8) is 0 Å². The van der Waals surface area contributed by atoms with E-state index in [9.17, 15) is 52.2 Å². The summed E-state index contributed by atoms with van der Waals surface area (Å²) in [5.74, 6) is 1.20. The summed E-state index contributed by atoms with van der Waals surface area (Å²) in [7, 11) is 4.93. The van der Waals surface area contributed by atoms with Crippen LogP contribution in [0.3, 0.4) is 0 Å². The number of halogens is 2. The van der Waals surface area contributed by atoms with E-state index in [-0.39, 0.29) is 103 Å². The summed E-state index contributed by atoms with van der Waals surface area (Å²) in [6.07, 6.45) is 0.653. The Kier molecular flexibility index (Phi) is 63.1. The standard InChI is InChI=1S/C21H16ClNO3S2.C17H21NO3S2.C13H14O3S.C13H12O3S.C9H10O3.C7H6O2.C5H8O3.C4H3BrS.C4H11NOS.4CH4.Mn.2O/c22-15-6-2-4-8-18(15)28-19-17(25)11-21(23-20(19)26,13-9-10-27-12-13)14-5-1-3-7-16(14)24;1-17(2,3)23(19)18-16(13-9-10-22-11-13)14-7-5-6-8-15(14)21-12-20-4;2*1-15-9-16-12-5-3-2-4-11(12)13(14)10-6-7-17-8-10;1-11-7-12-9-5-3-2-4-8(9)6-10;8-5-6-3-1-2-4-7(6)9;1-4(6)3-5(7)8-2;5-4-1-2-6-3-4;1-4(2,3)7(5)6;;;;;;;/h1-10,12,19,24H,11H2,(H,23,26);5-11H,12H2,1-4H3;2-8,13-14H,9H2,1H3;2-8H,9H2,1H3;2-6H,7H2,1H3;1-5,9H;3H2,1-2H3;1-3H;5H2,1-3H3;4*1H4;;;. The molecule has 1 aliphatic rings. The first-order valence-electron chi connectivity index (χ1n) is 38.4. The summed E-state index contributed by atoms with van der Waals surface area (Å²) >= 11 is 17.0. The van der Waals surface area contributed by atoms with Crippen LogP contribution >= 0.6 is 96.0 Å². The number of Topliss-reactive ketones (excluding diaryl/α,β-unsaturated/α-hetero) is 2. The van der Waals surface area contributed by atoms with E-state index in [1.807, 2.05) is 186 Å². The number of nitrogens with zero attached hydrogens (tertiary/aromatic N) is 1. The Labute approximate surface area is 834 Å². The number of phenolic OH excluding ortho intramolecular Hbond substituents is 2. The SMILES string of the molecule is Brc1ccsc1.C.C.C.C.CC(C)(C)S(N)=O.COC(=O)CC(C)=O.COCOc1ccccc1C(=NS(=O)C(C)(C)C)c1ccsc1.COCOc1ccccc1C(=O)c1ccsc1.COCOc1ccccc1C(O)c1ccsc1.COCOc1ccccc1C=O.O=C1CC(c2ccsc2)(c2ccccc2O)NC(=O)C1Sc1ccccc1Cl.O=Cc1ccccc1O.[O]=[Mn]=[O]. The van der Waals surface area contributed by atoms with Crippen molar-refractivity contribution < 1.29 is 122 Å². The number of benzene rings is 7. The minimum absolute atomic E-state index is 0. The molecule has 7 aromatic carbocycles. The minimum atomic E-state index is -1.44. The molecule has 0 bridgehead atoms. The number of carbonyl (C=O) groups excluding carboxylic acids is 7. The second-order valence-electron chi connectivity index (χ2n) is 28.0. The Balaban J connectivity index is 0.00000153. The molecule has 1 fully saturated rings. The number of esters is 1. The van der Waals surface area contributed by atoms with Gasteiger partial charge in [-0.25, -0.2) is 8.42 Å². The molecule has 5 atom stereocenters. The maximum absolute atomic E-state index is 13.1. The molecule has 6 heterocycles. The van der Waals surface area contributed by atoms with Crippen LogP contribution in [-0.4, -0.2) is 149 Å². The van der Waals surface area contributed by atoms with E-state index < -0.39 is 70.3 Å². The van der Waals surface area contributed by atoms with E-state index in [2.05, 4.69) is 30.4 Å². The Morgan fingerprint density at radius 3 is 1.46 bits per heavy atom. The number of thioether (sulfide) groups is 1. The number of amides is 1. The Hall–Kier alpha value is -9.90. The molecule has 6 N–H and O–H groups in total. The summed E-state index contributed by atoms with van der Waals surface area (Å²) in [5.41, 5.74) is 6.35. The van der Waals surface area contributed by atoms with Gasteiger partial charge in [-0.05, 0) is 216 Å². The average Bonchev–Trinajstić information content (AvgIpc) is 1.31. The number of nitrogens with two attached hydrogens (primary N) is 1. The van der Waals surface area contributed by atoms with Gasteiger partial charge in [0.15, 0.2) is 51.3 Å². The second-order valence-corrected chi connectivity index (χ2v) is 38.3. The third-order valence-electron chi connectivity index (χ3n) is 16.5. The van der Waals surface area contributed by atoms with E-state index in [1.165, 1.54) is 54.4 Å². The first-order chi connectivity index (χ1) is 62.2. The quantitative estimate of drug-likeness (QED) is 0.00607. The first-order valence-corrected chi connectivity index (χ1v) is 48.5. The van der Waals surface area contributed by atoms with Crippen LogP contribution < -0.4 is 29.4 Å². The van der Waals surface area contributed by atoms with Crippen LogP contribution in [0.4, 0.5) is 0 Å². The number of carbonyl (C=O) groups is 7. The van der Waals surface area contributed by atoms with Crippen LogP contribution in [0, 0.1) is 0 Å². The van der Waals surface area contributed by atoms with Crippen LogP contribution in [0.2, 0.25) is 5.02 Å². The van der Waals surface area contributed by atoms with E-state index in [0.29, 0.717) is 72.7 Å². The van der Waals surface area contributed by atoms with Crippen LogP contribution in [0.15, 0.2) is 268 Å². The van der Waals surface area contributed by atoms with Gasteiger partial charge in [-0.15, -0.1) is 11.8 Å². The van der Waals surface area contributed by atoms with Gasteiger partial charge >= 0.3 is 28.5 Å². The summed E-state index contributed by atoms with van der Waals surface area (Å²) in [4.78, 5) is 79.8. The van der Waals surface area contributed by atoms with Gasteiger partial charge in [0.05, 0.1) is 55.0 Å². The molecule has 0 radical (unpaired) electrons. The summed E-state index contributed by atoms with van der Waals surface area (Å²) < 4.78 is 89.9. The van der Waals surface area contributed by atoms with E-state index in [1.54, 1.807) is 158 Å². The molecular weight excluding hydrogens is 2000 g/mol. The van der Waals surface area contributed by atoms with Crippen molar-refractivity contribution in [1.82, 2.24) is 5.32 Å². The molecule has 1 aliphatic heterocycles. The van der Waals surface area contributed by atoms with Crippen LogP contribution in [0.5, 0.6) is 34.5 Å². The number of hydrogen-bond acceptors (Lipinski definition) is 29. The molecule has 1 amide bonds. The molecule has 12 aromatic rings. The monoisotopic (exact) mass is 2120 g/mol. The van der Waals surface area contributed by atoms with Gasteiger partial charge in [0.2, 0.25) is 5.91 Å². The summed E-state index contributed by atoms with van der Waals surface area (Å²) in [5, 5.41) is 56.7. The number of aromatic hydroxyl groups is 2. The molecular formula is C97H117BrClMnN3O23S8. The molecule has 37 heteroatoms. The Morgan fingerprint density at radius 1 is 0.575 bits per heavy atom. The van der Waals surface area contributed by atoms with Crippen molar-refractivity contribution in [1.29, 1.82) is 0 Å². The van der Waals surface area contributed by atoms with Crippen molar-refractivity contribution in [3.05, 3.63) is 319 Å². The van der Waals surface area contributed by atoms with Crippen LogP contribution in [0.25, 0.3) is 0 Å². The van der Waals surface area contributed by atoms with Gasteiger partial charge in [-0.1, -0.05) is 138 Å². The Morgan fingerprint density at radius 2 is 1.01 bits per heavy atom. The Bertz CT molecular complexity index is 5480. The normalized spacial score (nSPS) is 13.1. The first kappa shape index (κ1) is 124. The second kappa shape index (κ2) is 68.2. The number of rotatable bonds is 27. The number of ether oxygens (including phenoxy) is 9. The van der Waals surface area contributed by atoms with Crippen molar-refractivity contribution >= 4 is 165 Å². The number of methoxy groups -OCH3 is 5. The van der Waals surface area contributed by atoms with E-state index >= 15 is 0 Å². The molecule has 727 valence electrons. The number of piperidine rings is 1. The maximum atomic E-state index is 13.1. The summed E-state index contributed by atoms with van der Waals surface area (Å²) in [6.45, 7) is 13.2. The number of hydrogen-bond donors (Lipinski definition) is 5. The molecule has 0 spiro atoms. The summed E-state index contributed by atoms with van der Waals surface area (Å²) in [6, 6.07) is 59.1. The number of phenols is 2. The fourth-order valence-electron chi connectivity index (χ4n) is 10.2. The third-order valence-corrected chi connectivity index (χ3v) is 25.1. The number of aliphatic hydroxyl groups excluding tert-OH is 1. The number of thiophene rings is 5. The number of aldehydes is 2. The van der Waals surface area contributed by atoms with Crippen molar-refractivity contribution in [2.24, 2.45) is 9.54 Å². The number of ketones is 3. The van der Waals surface area contributed by atoms with Gasteiger partial charge in [-0.2, -0.15) is 61.1 Å². The fraction of sp³-hybridized carbons (Fsp3) is 0.278. The molecule has 134 heavy (non-hydrogen) atoms. The van der Waals surface area contributed by atoms with Crippen molar-refractivity contribution in [2.45, 2.75) is 122 Å². The number of para-hydroxylation sites is 6. The van der Waals surface area contributed by atoms with Crippen LogP contribution in [-0.2, 0) is 92.9 Å². The molecule has 5 aromatic heterocycles. The van der Waals surface area contributed by atoms with Crippen LogP contribution in [0.1, 0.15) is 167 Å². The van der Waals surface area contributed by atoms with Crippen molar-refractivity contribution in [2.75, 3.05) is 62.7 Å².